The number of hydrogen-bond donors (Lipinski definition) is 1. The van der Waals surface area contributed by atoms with Crippen LogP contribution >= 0.6 is 0 Å². The van der Waals surface area contributed by atoms with Crippen molar-refractivity contribution < 1.29 is 0 Å². The first-order valence-corrected chi connectivity index (χ1v) is 9.73. The van der Waals surface area contributed by atoms with E-state index in [-0.39, 0.29) is 0 Å². The van der Waals surface area contributed by atoms with Crippen molar-refractivity contribution in [3.05, 3.63) is 66.2 Å². The van der Waals surface area contributed by atoms with Gasteiger partial charge in [-0.2, -0.15) is 0 Å². The topological polar surface area (TPSA) is 70.1 Å². The number of aryl methyl sites for hydroxylation is 1. The molecular formula is C21H25N7. The molecule has 0 amide bonds. The minimum absolute atomic E-state index is 0.645. The van der Waals surface area contributed by atoms with Crippen molar-refractivity contribution in [2.24, 2.45) is 0 Å². The highest BCUT2D eigenvalue weighted by Crippen LogP contribution is 2.21. The van der Waals surface area contributed by atoms with Crippen LogP contribution in [0.4, 0.5) is 17.6 Å². The van der Waals surface area contributed by atoms with Gasteiger partial charge >= 0.3 is 0 Å². The lowest BCUT2D eigenvalue weighted by Crippen LogP contribution is -2.47. The number of anilines is 3. The Bertz CT molecular complexity index is 875. The average molecular weight is 375 g/mol. The zero-order valence-electron chi connectivity index (χ0n) is 16.1. The molecule has 1 aliphatic rings. The van der Waals surface area contributed by atoms with E-state index in [4.69, 9.17) is 0 Å². The molecule has 1 aliphatic heterocycles. The Kier molecular flexibility index (Phi) is 5.61. The van der Waals surface area contributed by atoms with E-state index < -0.39 is 0 Å². The summed E-state index contributed by atoms with van der Waals surface area (Å²) in [6, 6.07) is 10.1. The lowest BCUT2D eigenvalue weighted by Gasteiger charge is -2.36. The molecule has 144 valence electrons. The molecule has 4 rings (SSSR count). The van der Waals surface area contributed by atoms with Crippen LogP contribution in [0.3, 0.4) is 0 Å². The number of piperazine rings is 1. The highest BCUT2D eigenvalue weighted by molar-refractivity contribution is 5.50. The fourth-order valence-electron chi connectivity index (χ4n) is 3.34. The first kappa shape index (κ1) is 18.2. The number of rotatable bonds is 6. The summed E-state index contributed by atoms with van der Waals surface area (Å²) < 4.78 is 0. The summed E-state index contributed by atoms with van der Waals surface area (Å²) in [5, 5.41) is 3.32. The molecule has 4 heterocycles. The van der Waals surface area contributed by atoms with E-state index in [1.165, 1.54) is 0 Å². The quantitative estimate of drug-likeness (QED) is 0.710. The summed E-state index contributed by atoms with van der Waals surface area (Å²) in [5.74, 6) is 2.71. The SMILES string of the molecule is CCc1cnc(NCc2cccnc2N2CCN(c3ccccn3)CC2)nc1. The third-order valence-electron chi connectivity index (χ3n) is 4.97. The largest absolute Gasteiger partial charge is 0.353 e. The van der Waals surface area contributed by atoms with Gasteiger partial charge in [0, 0.05) is 63.1 Å². The van der Waals surface area contributed by atoms with Crippen LogP contribution in [0.2, 0.25) is 0 Å². The van der Waals surface area contributed by atoms with Gasteiger partial charge in [0.2, 0.25) is 5.95 Å². The summed E-state index contributed by atoms with van der Waals surface area (Å²) in [6.07, 6.45) is 8.39. The molecule has 7 heteroatoms. The maximum absolute atomic E-state index is 4.65. The van der Waals surface area contributed by atoms with E-state index in [2.05, 4.69) is 54.1 Å². The van der Waals surface area contributed by atoms with Crippen LogP contribution in [0.15, 0.2) is 55.1 Å². The molecule has 0 bridgehead atoms. The van der Waals surface area contributed by atoms with Crippen molar-refractivity contribution in [2.75, 3.05) is 41.3 Å². The van der Waals surface area contributed by atoms with Gasteiger partial charge in [0.25, 0.3) is 0 Å². The molecule has 28 heavy (non-hydrogen) atoms. The average Bonchev–Trinajstić information content (AvgIpc) is 2.79. The molecule has 1 fully saturated rings. The van der Waals surface area contributed by atoms with Crippen LogP contribution in [0, 0.1) is 0 Å². The lowest BCUT2D eigenvalue weighted by molar-refractivity contribution is 0.639. The van der Waals surface area contributed by atoms with Crippen molar-refractivity contribution in [3.63, 3.8) is 0 Å². The fourth-order valence-corrected chi connectivity index (χ4v) is 3.34. The molecule has 0 aromatic carbocycles. The molecule has 1 N–H and O–H groups in total. The van der Waals surface area contributed by atoms with Crippen molar-refractivity contribution in [3.8, 4) is 0 Å². The molecule has 0 aliphatic carbocycles. The van der Waals surface area contributed by atoms with Crippen LogP contribution < -0.4 is 15.1 Å². The van der Waals surface area contributed by atoms with Gasteiger partial charge in [0.05, 0.1) is 0 Å². The number of aromatic nitrogens is 4. The minimum atomic E-state index is 0.645. The van der Waals surface area contributed by atoms with Gasteiger partial charge in [-0.3, -0.25) is 0 Å². The monoisotopic (exact) mass is 375 g/mol. The predicted octanol–water partition coefficient (Wildman–Crippen LogP) is 2.77. The second-order valence-electron chi connectivity index (χ2n) is 6.77. The molecule has 7 nitrogen and oxygen atoms in total. The van der Waals surface area contributed by atoms with E-state index in [0.29, 0.717) is 12.5 Å². The molecule has 0 saturated carbocycles. The number of nitrogens with zero attached hydrogens (tertiary/aromatic N) is 6. The van der Waals surface area contributed by atoms with Crippen molar-refractivity contribution in [2.45, 2.75) is 19.9 Å². The normalized spacial score (nSPS) is 14.2. The Morgan fingerprint density at radius 2 is 1.61 bits per heavy atom. The van der Waals surface area contributed by atoms with Crippen LogP contribution in [-0.4, -0.2) is 46.1 Å². The molecule has 0 unspecified atom stereocenters. The Labute approximate surface area is 165 Å². The zero-order valence-corrected chi connectivity index (χ0v) is 16.1. The van der Waals surface area contributed by atoms with Gasteiger partial charge < -0.3 is 15.1 Å². The number of pyridine rings is 2. The van der Waals surface area contributed by atoms with Gasteiger partial charge in [-0.05, 0) is 30.2 Å². The first-order valence-electron chi connectivity index (χ1n) is 9.73. The van der Waals surface area contributed by atoms with E-state index in [1.807, 2.05) is 43.0 Å². The van der Waals surface area contributed by atoms with Crippen molar-refractivity contribution in [1.82, 2.24) is 19.9 Å². The standard InChI is InChI=1S/C21H25N7/c1-2-17-14-24-21(25-15-17)26-16-18-6-5-9-23-20(18)28-12-10-27(11-13-28)19-7-3-4-8-22-19/h3-9,14-15H,2,10-13,16H2,1H3,(H,24,25,26). The van der Waals surface area contributed by atoms with Crippen molar-refractivity contribution >= 4 is 17.6 Å². The maximum atomic E-state index is 4.65. The van der Waals surface area contributed by atoms with Gasteiger partial charge in [-0.1, -0.05) is 19.1 Å². The molecular weight excluding hydrogens is 350 g/mol. The summed E-state index contributed by atoms with van der Waals surface area (Å²) in [6.45, 7) is 6.45. The highest BCUT2D eigenvalue weighted by Gasteiger charge is 2.20. The van der Waals surface area contributed by atoms with Gasteiger partial charge in [0.1, 0.15) is 11.6 Å². The third kappa shape index (κ3) is 4.19. The van der Waals surface area contributed by atoms with Gasteiger partial charge in [-0.15, -0.1) is 0 Å². The fraction of sp³-hybridized carbons (Fsp3) is 0.333. The van der Waals surface area contributed by atoms with E-state index in [9.17, 15) is 0 Å². The highest BCUT2D eigenvalue weighted by atomic mass is 15.3. The Hall–Kier alpha value is -3.22. The van der Waals surface area contributed by atoms with Crippen molar-refractivity contribution in [1.29, 1.82) is 0 Å². The van der Waals surface area contributed by atoms with E-state index >= 15 is 0 Å². The molecule has 0 atom stereocenters. The second kappa shape index (κ2) is 8.65. The Morgan fingerprint density at radius 3 is 2.32 bits per heavy atom. The Morgan fingerprint density at radius 1 is 0.857 bits per heavy atom. The van der Waals surface area contributed by atoms with Crippen LogP contribution in [0.1, 0.15) is 18.1 Å². The number of nitrogens with one attached hydrogen (secondary N) is 1. The first-order chi connectivity index (χ1) is 13.8. The summed E-state index contributed by atoms with van der Waals surface area (Å²) in [5.41, 5.74) is 2.29. The summed E-state index contributed by atoms with van der Waals surface area (Å²) in [7, 11) is 0. The lowest BCUT2D eigenvalue weighted by atomic mass is 10.2. The molecule has 1 saturated heterocycles. The summed E-state index contributed by atoms with van der Waals surface area (Å²) in [4.78, 5) is 22.5. The van der Waals surface area contributed by atoms with E-state index in [0.717, 1.165) is 55.4 Å². The van der Waals surface area contributed by atoms with Gasteiger partial charge in [-0.25, -0.2) is 19.9 Å². The van der Waals surface area contributed by atoms with Crippen LogP contribution in [-0.2, 0) is 13.0 Å². The number of hydrogen-bond acceptors (Lipinski definition) is 7. The van der Waals surface area contributed by atoms with Gasteiger partial charge in [0.15, 0.2) is 0 Å². The predicted molar refractivity (Wildman–Crippen MR) is 112 cm³/mol. The molecule has 0 spiro atoms. The molecule has 0 radical (unpaired) electrons. The molecule has 3 aromatic rings. The summed E-state index contributed by atoms with van der Waals surface area (Å²) >= 11 is 0. The Balaban J connectivity index is 1.40. The minimum Gasteiger partial charge on any atom is -0.353 e. The molecule has 3 aromatic heterocycles. The second-order valence-corrected chi connectivity index (χ2v) is 6.77. The van der Waals surface area contributed by atoms with Crippen LogP contribution in [0.5, 0.6) is 0 Å². The smallest absolute Gasteiger partial charge is 0.222 e. The zero-order chi connectivity index (χ0) is 19.2. The van der Waals surface area contributed by atoms with E-state index in [1.54, 1.807) is 0 Å². The maximum Gasteiger partial charge on any atom is 0.222 e. The third-order valence-corrected chi connectivity index (χ3v) is 4.97. The van der Waals surface area contributed by atoms with Crippen LogP contribution in [0.25, 0.3) is 0 Å².